The Bertz CT molecular complexity index is 1240. The van der Waals surface area contributed by atoms with E-state index in [-0.39, 0.29) is 5.92 Å². The molecule has 1 saturated carbocycles. The van der Waals surface area contributed by atoms with Crippen molar-refractivity contribution in [2.45, 2.75) is 63.2 Å². The minimum absolute atomic E-state index is 0.123. The van der Waals surface area contributed by atoms with E-state index in [9.17, 15) is 19.8 Å². The first kappa shape index (κ1) is 32.8. The van der Waals surface area contributed by atoms with Gasteiger partial charge in [0.05, 0.1) is 45.8 Å². The van der Waals surface area contributed by atoms with Gasteiger partial charge in [-0.3, -0.25) is 4.79 Å². The molecule has 10 nitrogen and oxygen atoms in total. The summed E-state index contributed by atoms with van der Waals surface area (Å²) >= 11 is 0. The number of aliphatic hydroxyl groups excluding tert-OH is 1. The topological polar surface area (TPSA) is 153 Å². The molecule has 1 aromatic heterocycles. The molecule has 0 bridgehead atoms. The van der Waals surface area contributed by atoms with E-state index in [2.05, 4.69) is 19.1 Å². The second-order valence-electron chi connectivity index (χ2n) is 11.4. The molecule has 0 spiro atoms. The van der Waals surface area contributed by atoms with Crippen molar-refractivity contribution in [3.8, 4) is 5.75 Å². The molecule has 42 heavy (non-hydrogen) atoms. The highest BCUT2D eigenvalue weighted by Crippen LogP contribution is 2.43. The van der Waals surface area contributed by atoms with E-state index in [0.717, 1.165) is 60.2 Å². The molecule has 2 aromatic carbocycles. The number of aromatic nitrogens is 1. The lowest BCUT2D eigenvalue weighted by Gasteiger charge is -2.36. The Morgan fingerprint density at radius 2 is 1.69 bits per heavy atom. The van der Waals surface area contributed by atoms with Gasteiger partial charge in [0, 0.05) is 12.3 Å². The molecule has 0 radical (unpaired) electrons. The fourth-order valence-corrected chi connectivity index (χ4v) is 5.25. The number of carboxylic acid groups (broad SMARTS) is 2. The fourth-order valence-electron chi connectivity index (χ4n) is 5.25. The average molecular weight is 583 g/mol. The molecule has 228 valence electrons. The second kappa shape index (κ2) is 15.5. The number of quaternary nitrogens is 1. The van der Waals surface area contributed by atoms with Gasteiger partial charge in [-0.25, -0.2) is 4.98 Å². The monoisotopic (exact) mass is 582 g/mol. The summed E-state index contributed by atoms with van der Waals surface area (Å²) < 4.78 is 12.9. The van der Waals surface area contributed by atoms with Gasteiger partial charge in [-0.15, -0.1) is 0 Å². The summed E-state index contributed by atoms with van der Waals surface area (Å²) in [5.41, 5.74) is -0.308. The van der Waals surface area contributed by atoms with Crippen molar-refractivity contribution < 1.29 is 43.7 Å². The number of carbonyl (C=O) groups is 2. The van der Waals surface area contributed by atoms with E-state index < -0.39 is 30.1 Å². The minimum atomic E-state index is -1.90. The van der Waals surface area contributed by atoms with Gasteiger partial charge >= 0.3 is 5.97 Å². The van der Waals surface area contributed by atoms with Crippen molar-refractivity contribution in [2.75, 3.05) is 27.2 Å². The Morgan fingerprint density at radius 1 is 1.07 bits per heavy atom. The van der Waals surface area contributed by atoms with Crippen molar-refractivity contribution in [2.24, 2.45) is 5.92 Å². The molecule has 4 rings (SSSR count). The maximum absolute atomic E-state index is 12.0. The summed E-state index contributed by atoms with van der Waals surface area (Å²) in [6, 6.07) is 19.8. The van der Waals surface area contributed by atoms with Crippen molar-refractivity contribution in [3.05, 3.63) is 84.1 Å². The number of aliphatic hydroxyl groups is 2. The normalized spacial score (nSPS) is 16.0. The van der Waals surface area contributed by atoms with Crippen molar-refractivity contribution in [3.63, 3.8) is 0 Å². The molecule has 0 saturated heterocycles. The van der Waals surface area contributed by atoms with E-state index in [1.165, 1.54) is 6.42 Å². The number of oxazole rings is 1. The van der Waals surface area contributed by atoms with Crippen LogP contribution in [0.5, 0.6) is 5.75 Å². The van der Waals surface area contributed by atoms with Gasteiger partial charge in [0.1, 0.15) is 18.4 Å². The number of carbonyl (C=O) groups excluding carboxylic acids is 1. The summed E-state index contributed by atoms with van der Waals surface area (Å²) in [6.45, 7) is 2.35. The van der Waals surface area contributed by atoms with Crippen molar-refractivity contribution in [1.82, 2.24) is 4.98 Å². The molecule has 0 aliphatic heterocycles. The zero-order chi connectivity index (χ0) is 30.6. The Morgan fingerprint density at radius 3 is 2.26 bits per heavy atom. The molecular formula is C32H42N2O8. The Balaban J connectivity index is 0.000000467. The zero-order valence-electron chi connectivity index (χ0n) is 24.4. The smallest absolute Gasteiger partial charge is 0.306 e. The van der Waals surface area contributed by atoms with E-state index in [1.807, 2.05) is 60.7 Å². The number of hydrogen-bond donors (Lipinski definition) is 3. The summed E-state index contributed by atoms with van der Waals surface area (Å²) in [6.07, 6.45) is 5.52. The number of para-hydroxylation sites is 1. The molecular weight excluding hydrogens is 540 g/mol. The third-order valence-electron chi connectivity index (χ3n) is 7.43. The molecule has 10 heteroatoms. The predicted octanol–water partition coefficient (Wildman–Crippen LogP) is 3.11. The van der Waals surface area contributed by atoms with Crippen LogP contribution in [0.3, 0.4) is 0 Å². The lowest BCUT2D eigenvalue weighted by atomic mass is 9.73. The zero-order valence-corrected chi connectivity index (χ0v) is 24.4. The second-order valence-corrected chi connectivity index (χ2v) is 11.4. The number of aliphatic carboxylic acids is 2. The number of nitrogens with zero attached hydrogens (tertiary/aromatic N) is 2. The minimum Gasteiger partial charge on any atom is -0.547 e. The van der Waals surface area contributed by atoms with Gasteiger partial charge < -0.3 is 38.9 Å². The standard InChI is InChI=1S/C28H37N2O3.C4H6O5/c1-30(2,19-12-20-32-25-17-10-5-11-18-25)22-26-21-29-27(33-26)28(31,23-13-6-3-7-14-23)24-15-8-4-9-16-24;5-2(4(8)9)1-3(6)7/h3,5-7,10-11,13-14,17-18,21,24,31H,4,8-9,12,15-16,19-20,22H2,1-2H3;2,5H,1H2,(H,6,7)(H,8,9)/q+1;/p-1/t28-;2-/m00/s1. The molecule has 1 heterocycles. The van der Waals surface area contributed by atoms with Gasteiger partial charge in [0.2, 0.25) is 5.89 Å². The van der Waals surface area contributed by atoms with E-state index in [4.69, 9.17) is 19.4 Å². The number of ether oxygens (including phenoxy) is 1. The van der Waals surface area contributed by atoms with Crippen LogP contribution in [-0.2, 0) is 21.7 Å². The third-order valence-corrected chi connectivity index (χ3v) is 7.43. The van der Waals surface area contributed by atoms with Crippen LogP contribution in [0.15, 0.2) is 71.3 Å². The molecule has 1 aliphatic rings. The number of hydrogen-bond acceptors (Lipinski definition) is 8. The highest BCUT2D eigenvalue weighted by Gasteiger charge is 2.44. The highest BCUT2D eigenvalue weighted by atomic mass is 16.5. The molecule has 0 amide bonds. The van der Waals surface area contributed by atoms with Gasteiger partial charge in [-0.2, -0.15) is 0 Å². The quantitative estimate of drug-likeness (QED) is 0.204. The highest BCUT2D eigenvalue weighted by molar-refractivity contribution is 5.77. The number of benzene rings is 2. The molecule has 3 N–H and O–H groups in total. The van der Waals surface area contributed by atoms with Gasteiger partial charge in [-0.05, 0) is 30.5 Å². The van der Waals surface area contributed by atoms with Crippen LogP contribution in [0.1, 0.15) is 62.2 Å². The van der Waals surface area contributed by atoms with Crippen molar-refractivity contribution >= 4 is 11.9 Å². The molecule has 3 aromatic rings. The fraction of sp³-hybridized carbons (Fsp3) is 0.469. The molecule has 1 fully saturated rings. The maximum Gasteiger partial charge on any atom is 0.306 e. The first-order valence-corrected chi connectivity index (χ1v) is 14.3. The Labute approximate surface area is 246 Å². The van der Waals surface area contributed by atoms with Gasteiger partial charge in [-0.1, -0.05) is 67.8 Å². The van der Waals surface area contributed by atoms with Crippen LogP contribution in [0, 0.1) is 5.92 Å². The predicted molar refractivity (Wildman–Crippen MR) is 153 cm³/mol. The lowest BCUT2D eigenvalue weighted by Crippen LogP contribution is -2.40. The first-order valence-electron chi connectivity index (χ1n) is 14.3. The lowest BCUT2D eigenvalue weighted by molar-refractivity contribution is -0.904. The van der Waals surface area contributed by atoms with Crippen LogP contribution in [0.25, 0.3) is 0 Å². The summed E-state index contributed by atoms with van der Waals surface area (Å²) in [7, 11) is 4.38. The van der Waals surface area contributed by atoms with Crippen LogP contribution in [-0.4, -0.2) is 70.1 Å². The SMILES string of the molecule is C[N+](C)(CCCOc1ccccc1)Cc1cnc([C@](O)(c2ccccc2)C2CCCCC2)o1.O=C(O)C[C@H](O)C(=O)[O-]. The number of rotatable bonds is 13. The third kappa shape index (κ3) is 9.68. The van der Waals surface area contributed by atoms with E-state index in [0.29, 0.717) is 19.0 Å². The van der Waals surface area contributed by atoms with Crippen LogP contribution >= 0.6 is 0 Å². The Kier molecular flexibility index (Phi) is 12.1. The summed E-state index contributed by atoms with van der Waals surface area (Å²) in [5.74, 6) is -0.861. The van der Waals surface area contributed by atoms with E-state index >= 15 is 0 Å². The summed E-state index contributed by atoms with van der Waals surface area (Å²) in [4.78, 5) is 23.9. The first-order chi connectivity index (χ1) is 20.0. The van der Waals surface area contributed by atoms with Gasteiger partial charge in [0.15, 0.2) is 11.4 Å². The average Bonchev–Trinajstić information content (AvgIpc) is 3.44. The van der Waals surface area contributed by atoms with Crippen molar-refractivity contribution in [1.29, 1.82) is 0 Å². The van der Waals surface area contributed by atoms with Gasteiger partial charge in [0.25, 0.3) is 0 Å². The van der Waals surface area contributed by atoms with Crippen LogP contribution in [0.4, 0.5) is 0 Å². The molecule has 1 aliphatic carbocycles. The van der Waals surface area contributed by atoms with Crippen LogP contribution < -0.4 is 9.84 Å². The van der Waals surface area contributed by atoms with Crippen LogP contribution in [0.2, 0.25) is 0 Å². The van der Waals surface area contributed by atoms with E-state index in [1.54, 1.807) is 6.20 Å². The molecule has 2 atom stereocenters. The molecule has 0 unspecified atom stereocenters. The Hall–Kier alpha value is -3.73. The largest absolute Gasteiger partial charge is 0.547 e. The number of carboxylic acids is 2. The maximum atomic E-state index is 12.0. The summed E-state index contributed by atoms with van der Waals surface area (Å²) in [5, 5.41) is 37.7.